The molecule has 0 radical (unpaired) electrons. The lowest BCUT2D eigenvalue weighted by molar-refractivity contribution is 0.103. The third kappa shape index (κ3) is 2.48. The van der Waals surface area contributed by atoms with E-state index in [1.54, 1.807) is 50.0 Å². The first-order chi connectivity index (χ1) is 10.2. The highest BCUT2D eigenvalue weighted by Crippen LogP contribution is 2.27. The van der Waals surface area contributed by atoms with Crippen LogP contribution in [-0.2, 0) is 0 Å². The van der Waals surface area contributed by atoms with Crippen molar-refractivity contribution in [2.24, 2.45) is 0 Å². The summed E-state index contributed by atoms with van der Waals surface area (Å²) in [7, 11) is 3.11. The van der Waals surface area contributed by atoms with Crippen molar-refractivity contribution >= 4 is 27.3 Å². The zero-order chi connectivity index (χ0) is 14.8. The number of benzene rings is 1. The Bertz CT molecular complexity index is 810. The molecule has 2 heterocycles. The number of carbonyl (C=O) groups is 1. The van der Waals surface area contributed by atoms with Crippen molar-refractivity contribution < 1.29 is 14.3 Å². The fraction of sp³-hybridized carbons (Fsp3) is 0.125. The molecule has 106 valence electrons. The van der Waals surface area contributed by atoms with Crippen LogP contribution in [0.5, 0.6) is 11.5 Å². The summed E-state index contributed by atoms with van der Waals surface area (Å²) in [4.78, 5) is 17.0. The molecule has 4 nitrogen and oxygen atoms in total. The SMILES string of the molecule is COc1ccc(OC)c(C(=O)c2cnc3ccsc3c2)c1. The number of hydrogen-bond donors (Lipinski definition) is 0. The fourth-order valence-electron chi connectivity index (χ4n) is 2.12. The molecule has 0 amide bonds. The standard InChI is InChI=1S/C16H13NO3S/c1-19-11-3-4-14(20-2)12(8-11)16(18)10-7-15-13(17-9-10)5-6-21-15/h3-9H,1-2H3. The summed E-state index contributed by atoms with van der Waals surface area (Å²) >= 11 is 1.56. The van der Waals surface area contributed by atoms with Crippen LogP contribution in [0.1, 0.15) is 15.9 Å². The van der Waals surface area contributed by atoms with Crippen molar-refractivity contribution in [3.05, 3.63) is 53.0 Å². The first-order valence-corrected chi connectivity index (χ1v) is 7.21. The van der Waals surface area contributed by atoms with Crippen molar-refractivity contribution in [2.75, 3.05) is 14.2 Å². The third-order valence-corrected chi connectivity index (χ3v) is 4.07. The molecule has 0 saturated heterocycles. The van der Waals surface area contributed by atoms with Gasteiger partial charge in [-0.1, -0.05) is 0 Å². The number of hydrogen-bond acceptors (Lipinski definition) is 5. The van der Waals surface area contributed by atoms with Crippen LogP contribution < -0.4 is 9.47 Å². The Morgan fingerprint density at radius 2 is 2.00 bits per heavy atom. The first kappa shape index (κ1) is 13.6. The molecule has 0 spiro atoms. The van der Waals surface area contributed by atoms with Gasteiger partial charge >= 0.3 is 0 Å². The number of ketones is 1. The van der Waals surface area contributed by atoms with E-state index in [0.29, 0.717) is 22.6 Å². The van der Waals surface area contributed by atoms with E-state index in [9.17, 15) is 4.79 Å². The maximum Gasteiger partial charge on any atom is 0.198 e. The number of methoxy groups -OCH3 is 2. The molecule has 1 aromatic carbocycles. The highest BCUT2D eigenvalue weighted by molar-refractivity contribution is 7.17. The fourth-order valence-corrected chi connectivity index (χ4v) is 2.90. The Kier molecular flexibility index (Phi) is 3.58. The molecule has 0 bridgehead atoms. The van der Waals surface area contributed by atoms with Gasteiger partial charge < -0.3 is 9.47 Å². The smallest absolute Gasteiger partial charge is 0.198 e. The molecular formula is C16H13NO3S. The van der Waals surface area contributed by atoms with Gasteiger partial charge in [-0.3, -0.25) is 9.78 Å². The zero-order valence-corrected chi connectivity index (χ0v) is 12.4. The molecule has 3 aromatic rings. The van der Waals surface area contributed by atoms with E-state index >= 15 is 0 Å². The molecule has 0 unspecified atom stereocenters. The Labute approximate surface area is 126 Å². The normalized spacial score (nSPS) is 10.6. The second kappa shape index (κ2) is 5.54. The lowest BCUT2D eigenvalue weighted by Gasteiger charge is -2.09. The third-order valence-electron chi connectivity index (χ3n) is 3.22. The summed E-state index contributed by atoms with van der Waals surface area (Å²) in [5.41, 5.74) is 1.90. The lowest BCUT2D eigenvalue weighted by atomic mass is 10.0. The molecule has 3 rings (SSSR count). The predicted octanol–water partition coefficient (Wildman–Crippen LogP) is 3.54. The molecule has 0 atom stereocenters. The Morgan fingerprint density at radius 1 is 1.14 bits per heavy atom. The summed E-state index contributed by atoms with van der Waals surface area (Å²) in [6.45, 7) is 0. The molecule has 2 aromatic heterocycles. The highest BCUT2D eigenvalue weighted by Gasteiger charge is 2.16. The number of fused-ring (bicyclic) bond motifs is 1. The summed E-state index contributed by atoms with van der Waals surface area (Å²) in [5.74, 6) is 1.00. The van der Waals surface area contributed by atoms with Gasteiger partial charge in [0.05, 0.1) is 30.0 Å². The molecule has 0 aliphatic heterocycles. The van der Waals surface area contributed by atoms with E-state index in [2.05, 4.69) is 4.98 Å². The van der Waals surface area contributed by atoms with Gasteiger partial charge in [0.15, 0.2) is 5.78 Å². The summed E-state index contributed by atoms with van der Waals surface area (Å²) in [6.07, 6.45) is 1.59. The van der Waals surface area contributed by atoms with Gasteiger partial charge in [-0.2, -0.15) is 0 Å². The van der Waals surface area contributed by atoms with Crippen LogP contribution in [0.2, 0.25) is 0 Å². The van der Waals surface area contributed by atoms with Crippen LogP contribution >= 0.6 is 11.3 Å². The van der Waals surface area contributed by atoms with Gasteiger partial charge in [-0.25, -0.2) is 0 Å². The maximum absolute atomic E-state index is 12.7. The molecule has 0 aliphatic carbocycles. The van der Waals surface area contributed by atoms with E-state index in [1.807, 2.05) is 17.5 Å². The Hall–Kier alpha value is -2.40. The number of thiophene rings is 1. The number of carbonyl (C=O) groups excluding carboxylic acids is 1. The van der Waals surface area contributed by atoms with Gasteiger partial charge in [-0.15, -0.1) is 11.3 Å². The van der Waals surface area contributed by atoms with E-state index in [-0.39, 0.29) is 5.78 Å². The number of pyridine rings is 1. The van der Waals surface area contributed by atoms with E-state index in [4.69, 9.17) is 9.47 Å². The van der Waals surface area contributed by atoms with Crippen molar-refractivity contribution in [3.63, 3.8) is 0 Å². The topological polar surface area (TPSA) is 48.4 Å². The average Bonchev–Trinajstić information content (AvgIpc) is 3.01. The lowest BCUT2D eigenvalue weighted by Crippen LogP contribution is -2.05. The second-order valence-electron chi connectivity index (χ2n) is 4.42. The van der Waals surface area contributed by atoms with Crippen molar-refractivity contribution in [3.8, 4) is 11.5 Å². The molecule has 0 saturated carbocycles. The number of ether oxygens (including phenoxy) is 2. The van der Waals surface area contributed by atoms with Gasteiger partial charge in [0.1, 0.15) is 11.5 Å². The van der Waals surface area contributed by atoms with Gasteiger partial charge in [0.2, 0.25) is 0 Å². The molecule has 21 heavy (non-hydrogen) atoms. The Balaban J connectivity index is 2.08. The number of rotatable bonds is 4. The van der Waals surface area contributed by atoms with Crippen molar-refractivity contribution in [1.29, 1.82) is 0 Å². The van der Waals surface area contributed by atoms with Crippen LogP contribution in [0.4, 0.5) is 0 Å². The van der Waals surface area contributed by atoms with Crippen LogP contribution in [-0.4, -0.2) is 25.0 Å². The minimum Gasteiger partial charge on any atom is -0.497 e. The van der Waals surface area contributed by atoms with Crippen molar-refractivity contribution in [1.82, 2.24) is 4.98 Å². The van der Waals surface area contributed by atoms with Crippen molar-refractivity contribution in [2.45, 2.75) is 0 Å². The summed E-state index contributed by atoms with van der Waals surface area (Å²) in [6, 6.07) is 8.95. The second-order valence-corrected chi connectivity index (χ2v) is 5.37. The minimum absolute atomic E-state index is 0.131. The van der Waals surface area contributed by atoms with Gasteiger partial charge in [0, 0.05) is 11.8 Å². The molecular weight excluding hydrogens is 286 g/mol. The largest absolute Gasteiger partial charge is 0.497 e. The Morgan fingerprint density at radius 3 is 2.76 bits per heavy atom. The maximum atomic E-state index is 12.7. The molecule has 0 aliphatic rings. The van der Waals surface area contributed by atoms with Crippen LogP contribution in [0, 0.1) is 0 Å². The summed E-state index contributed by atoms with van der Waals surface area (Å²) in [5, 5.41) is 1.96. The average molecular weight is 299 g/mol. The highest BCUT2D eigenvalue weighted by atomic mass is 32.1. The van der Waals surface area contributed by atoms with Crippen LogP contribution in [0.15, 0.2) is 41.9 Å². The van der Waals surface area contributed by atoms with Crippen LogP contribution in [0.25, 0.3) is 10.2 Å². The monoisotopic (exact) mass is 299 g/mol. The van der Waals surface area contributed by atoms with E-state index in [0.717, 1.165) is 10.2 Å². The quantitative estimate of drug-likeness (QED) is 0.691. The molecule has 0 N–H and O–H groups in total. The predicted molar refractivity (Wildman–Crippen MR) is 82.6 cm³/mol. The van der Waals surface area contributed by atoms with E-state index < -0.39 is 0 Å². The van der Waals surface area contributed by atoms with E-state index in [1.165, 1.54) is 0 Å². The summed E-state index contributed by atoms with van der Waals surface area (Å²) < 4.78 is 11.4. The molecule has 5 heteroatoms. The van der Waals surface area contributed by atoms with Gasteiger partial charge in [-0.05, 0) is 35.7 Å². The first-order valence-electron chi connectivity index (χ1n) is 6.33. The van der Waals surface area contributed by atoms with Gasteiger partial charge in [0.25, 0.3) is 0 Å². The van der Waals surface area contributed by atoms with Crippen LogP contribution in [0.3, 0.4) is 0 Å². The minimum atomic E-state index is -0.131. The number of nitrogens with zero attached hydrogens (tertiary/aromatic N) is 1. The zero-order valence-electron chi connectivity index (χ0n) is 11.6. The number of aromatic nitrogens is 1. The molecule has 0 fully saturated rings.